The number of aromatic nitrogens is 2. The Morgan fingerprint density at radius 3 is 2.77 bits per heavy atom. The Balaban J connectivity index is 1.31. The van der Waals surface area contributed by atoms with Gasteiger partial charge in [-0.3, -0.25) is 9.69 Å². The minimum absolute atomic E-state index is 0.0652. The van der Waals surface area contributed by atoms with E-state index in [0.717, 1.165) is 11.3 Å². The Kier molecular flexibility index (Phi) is 6.51. The molecule has 2 aromatic rings. The molecule has 0 aromatic carbocycles. The molecule has 0 bridgehead atoms. The highest BCUT2D eigenvalue weighted by Gasteiger charge is 2.40. The number of nitrogens with zero attached hydrogens (tertiary/aromatic N) is 5. The van der Waals surface area contributed by atoms with E-state index in [9.17, 15) is 13.2 Å². The molecule has 0 N–H and O–H groups in total. The molecular weight excluding hydrogens is 426 g/mol. The Hall–Kier alpha value is -1.82. The van der Waals surface area contributed by atoms with E-state index in [4.69, 9.17) is 4.52 Å². The molecular formula is C19H27N5O4S2. The second kappa shape index (κ2) is 9.13. The number of piperazine rings is 1. The largest absolute Gasteiger partial charge is 0.339 e. The normalized spacial score (nSPS) is 21.4. The number of carbonyl (C=O) groups is 1. The molecule has 2 aliphatic heterocycles. The van der Waals surface area contributed by atoms with E-state index in [0.29, 0.717) is 63.8 Å². The van der Waals surface area contributed by atoms with Crippen LogP contribution in [0.2, 0.25) is 0 Å². The van der Waals surface area contributed by atoms with E-state index in [1.165, 1.54) is 4.31 Å². The van der Waals surface area contributed by atoms with E-state index in [1.54, 1.807) is 16.2 Å². The van der Waals surface area contributed by atoms with Crippen LogP contribution in [0.4, 0.5) is 0 Å². The third kappa shape index (κ3) is 4.58. The van der Waals surface area contributed by atoms with Gasteiger partial charge in [0.1, 0.15) is 6.04 Å². The van der Waals surface area contributed by atoms with Crippen molar-refractivity contribution in [2.75, 3.05) is 38.5 Å². The van der Waals surface area contributed by atoms with Crippen LogP contribution in [-0.4, -0.2) is 83.1 Å². The standard InChI is InChI=1S/C19H27N5O4S2/c1-2-13-30(26,27)24-7-3-5-15(24)19(25)23-10-8-22(9-11-23)14-17-20-18(21-28-17)16-6-4-12-29-16/h4,6,12,15H,2-3,5,7-11,13-14H2,1H3. The van der Waals surface area contributed by atoms with Gasteiger partial charge < -0.3 is 9.42 Å². The van der Waals surface area contributed by atoms with Gasteiger partial charge in [-0.15, -0.1) is 11.3 Å². The highest BCUT2D eigenvalue weighted by Crippen LogP contribution is 2.25. The van der Waals surface area contributed by atoms with Crippen molar-refractivity contribution in [2.45, 2.75) is 38.8 Å². The smallest absolute Gasteiger partial charge is 0.241 e. The highest BCUT2D eigenvalue weighted by atomic mass is 32.2. The highest BCUT2D eigenvalue weighted by molar-refractivity contribution is 7.89. The summed E-state index contributed by atoms with van der Waals surface area (Å²) in [5.41, 5.74) is 0. The van der Waals surface area contributed by atoms with Crippen molar-refractivity contribution in [3.05, 3.63) is 23.4 Å². The molecule has 30 heavy (non-hydrogen) atoms. The van der Waals surface area contributed by atoms with Crippen LogP contribution in [-0.2, 0) is 21.4 Å². The third-order valence-electron chi connectivity index (χ3n) is 5.56. The molecule has 2 aromatic heterocycles. The lowest BCUT2D eigenvalue weighted by molar-refractivity contribution is -0.136. The maximum atomic E-state index is 13.0. The van der Waals surface area contributed by atoms with Crippen molar-refractivity contribution in [1.29, 1.82) is 0 Å². The Morgan fingerprint density at radius 1 is 1.27 bits per heavy atom. The summed E-state index contributed by atoms with van der Waals surface area (Å²) < 4.78 is 31.8. The number of carbonyl (C=O) groups excluding carboxylic acids is 1. The first-order valence-electron chi connectivity index (χ1n) is 10.3. The quantitative estimate of drug-likeness (QED) is 0.628. The summed E-state index contributed by atoms with van der Waals surface area (Å²) in [7, 11) is -3.36. The lowest BCUT2D eigenvalue weighted by Gasteiger charge is -2.36. The van der Waals surface area contributed by atoms with Crippen molar-refractivity contribution >= 4 is 27.3 Å². The predicted octanol–water partition coefficient (Wildman–Crippen LogP) is 1.65. The fourth-order valence-corrected chi connectivity index (χ4v) is 6.44. The predicted molar refractivity (Wildman–Crippen MR) is 113 cm³/mol. The molecule has 1 unspecified atom stereocenters. The summed E-state index contributed by atoms with van der Waals surface area (Å²) >= 11 is 1.57. The zero-order chi connectivity index (χ0) is 21.1. The van der Waals surface area contributed by atoms with Crippen LogP contribution in [0.5, 0.6) is 0 Å². The summed E-state index contributed by atoms with van der Waals surface area (Å²) in [5.74, 6) is 1.20. The molecule has 0 aliphatic carbocycles. The van der Waals surface area contributed by atoms with Gasteiger partial charge in [0.15, 0.2) is 0 Å². The first kappa shape index (κ1) is 21.4. The summed E-state index contributed by atoms with van der Waals surface area (Å²) in [6.07, 6.45) is 1.90. The number of thiophene rings is 1. The maximum Gasteiger partial charge on any atom is 0.241 e. The first-order valence-corrected chi connectivity index (χ1v) is 12.8. The molecule has 4 heterocycles. The average molecular weight is 454 g/mol. The van der Waals surface area contributed by atoms with Gasteiger partial charge in [0, 0.05) is 32.7 Å². The van der Waals surface area contributed by atoms with E-state index >= 15 is 0 Å². The second-order valence-electron chi connectivity index (χ2n) is 7.68. The molecule has 9 nitrogen and oxygen atoms in total. The van der Waals surface area contributed by atoms with Crippen molar-refractivity contribution in [2.24, 2.45) is 0 Å². The van der Waals surface area contributed by atoms with Crippen LogP contribution in [0, 0.1) is 0 Å². The van der Waals surface area contributed by atoms with Crippen LogP contribution >= 0.6 is 11.3 Å². The van der Waals surface area contributed by atoms with Gasteiger partial charge in [0.2, 0.25) is 27.6 Å². The van der Waals surface area contributed by atoms with E-state index in [1.807, 2.05) is 24.4 Å². The summed E-state index contributed by atoms with van der Waals surface area (Å²) in [6.45, 7) is 5.36. The zero-order valence-electron chi connectivity index (χ0n) is 17.1. The van der Waals surface area contributed by atoms with Crippen molar-refractivity contribution in [3.8, 4) is 10.7 Å². The summed E-state index contributed by atoms with van der Waals surface area (Å²) in [5, 5.41) is 6.01. The molecule has 1 amide bonds. The molecule has 0 radical (unpaired) electrons. The zero-order valence-corrected chi connectivity index (χ0v) is 18.7. The molecule has 164 valence electrons. The van der Waals surface area contributed by atoms with Gasteiger partial charge in [-0.25, -0.2) is 8.42 Å². The molecule has 11 heteroatoms. The van der Waals surface area contributed by atoms with Gasteiger partial charge >= 0.3 is 0 Å². The Labute approximate surface area is 180 Å². The van der Waals surface area contributed by atoms with Gasteiger partial charge in [0.25, 0.3) is 0 Å². The number of amides is 1. The van der Waals surface area contributed by atoms with Crippen molar-refractivity contribution < 1.29 is 17.7 Å². The van der Waals surface area contributed by atoms with Crippen molar-refractivity contribution in [1.82, 2.24) is 24.2 Å². The molecule has 2 fully saturated rings. The molecule has 2 aliphatic rings. The maximum absolute atomic E-state index is 13.0. The minimum atomic E-state index is -3.36. The topological polar surface area (TPSA) is 99.9 Å². The Bertz CT molecular complexity index is 951. The third-order valence-corrected chi connectivity index (χ3v) is 8.50. The molecule has 0 spiro atoms. The average Bonchev–Trinajstić information content (AvgIpc) is 3.48. The van der Waals surface area contributed by atoms with Crippen LogP contribution < -0.4 is 0 Å². The van der Waals surface area contributed by atoms with Crippen LogP contribution in [0.15, 0.2) is 22.0 Å². The number of rotatable bonds is 7. The molecule has 0 saturated carbocycles. The van der Waals surface area contributed by atoms with Crippen LogP contribution in [0.3, 0.4) is 0 Å². The summed E-state index contributed by atoms with van der Waals surface area (Å²) in [6, 6.07) is 3.36. The second-order valence-corrected chi connectivity index (χ2v) is 10.7. The fraction of sp³-hybridized carbons (Fsp3) is 0.632. The van der Waals surface area contributed by atoms with E-state index in [2.05, 4.69) is 15.0 Å². The fourth-order valence-electron chi connectivity index (χ4n) is 4.05. The first-order chi connectivity index (χ1) is 14.5. The lowest BCUT2D eigenvalue weighted by Crippen LogP contribution is -2.54. The van der Waals surface area contributed by atoms with Gasteiger partial charge in [-0.1, -0.05) is 18.1 Å². The van der Waals surface area contributed by atoms with Crippen LogP contribution in [0.25, 0.3) is 10.7 Å². The number of hydrogen-bond acceptors (Lipinski definition) is 8. The molecule has 2 saturated heterocycles. The summed E-state index contributed by atoms with van der Waals surface area (Å²) in [4.78, 5) is 22.4. The minimum Gasteiger partial charge on any atom is -0.339 e. The SMILES string of the molecule is CCCS(=O)(=O)N1CCCC1C(=O)N1CCN(Cc2nc(-c3cccs3)no2)CC1. The number of hydrogen-bond donors (Lipinski definition) is 0. The molecule has 4 rings (SSSR count). The van der Waals surface area contributed by atoms with Gasteiger partial charge in [-0.2, -0.15) is 9.29 Å². The van der Waals surface area contributed by atoms with Gasteiger partial charge in [-0.05, 0) is 30.7 Å². The van der Waals surface area contributed by atoms with Crippen LogP contribution in [0.1, 0.15) is 32.1 Å². The van der Waals surface area contributed by atoms with Crippen molar-refractivity contribution in [3.63, 3.8) is 0 Å². The van der Waals surface area contributed by atoms with E-state index in [-0.39, 0.29) is 11.7 Å². The van der Waals surface area contributed by atoms with E-state index < -0.39 is 16.1 Å². The Morgan fingerprint density at radius 2 is 2.07 bits per heavy atom. The van der Waals surface area contributed by atoms with Gasteiger partial charge in [0.05, 0.1) is 17.2 Å². The molecule has 1 atom stereocenters. The monoisotopic (exact) mass is 453 g/mol. The number of sulfonamides is 1. The lowest BCUT2D eigenvalue weighted by atomic mass is 10.2.